The number of piperazine rings is 1. The first-order valence-corrected chi connectivity index (χ1v) is 8.84. The second-order valence-corrected chi connectivity index (χ2v) is 6.81. The quantitative estimate of drug-likeness (QED) is 0.612. The topological polar surface area (TPSA) is 38.3 Å². The van der Waals surface area contributed by atoms with Gasteiger partial charge < -0.3 is 19.6 Å². The first kappa shape index (κ1) is 15.8. The van der Waals surface area contributed by atoms with Crippen molar-refractivity contribution in [2.75, 3.05) is 45.9 Å². The molecule has 0 bridgehead atoms. The maximum atomic E-state index is 10.2. The molecule has 0 amide bonds. The SMILES string of the molecule is CC[NH+]1CC[NH+](C[C@@H](O)COc2ccc3c(c2)CCC3)CC1. The van der Waals surface area contributed by atoms with Gasteiger partial charge in [0.1, 0.15) is 51.2 Å². The summed E-state index contributed by atoms with van der Waals surface area (Å²) < 4.78 is 5.81. The zero-order chi connectivity index (χ0) is 15.4. The Morgan fingerprint density at radius 2 is 1.82 bits per heavy atom. The lowest BCUT2D eigenvalue weighted by atomic mass is 10.1. The Balaban J connectivity index is 1.42. The third-order valence-electron chi connectivity index (χ3n) is 5.20. The minimum Gasteiger partial charge on any atom is -0.491 e. The van der Waals surface area contributed by atoms with Crippen molar-refractivity contribution in [3.8, 4) is 5.75 Å². The number of hydrogen-bond donors (Lipinski definition) is 3. The van der Waals surface area contributed by atoms with Gasteiger partial charge in [0.2, 0.25) is 0 Å². The predicted octanol–water partition coefficient (Wildman–Crippen LogP) is -1.28. The van der Waals surface area contributed by atoms with Crippen LogP contribution in [0.5, 0.6) is 5.75 Å². The number of quaternary nitrogens is 2. The molecule has 2 aliphatic rings. The van der Waals surface area contributed by atoms with Crippen LogP contribution in [0.15, 0.2) is 18.2 Å². The number of nitrogens with one attached hydrogen (secondary N) is 2. The second kappa shape index (κ2) is 7.44. The molecular weight excluding hydrogens is 276 g/mol. The summed E-state index contributed by atoms with van der Waals surface area (Å²) in [4.78, 5) is 3.20. The molecule has 122 valence electrons. The van der Waals surface area contributed by atoms with E-state index in [0.717, 1.165) is 12.3 Å². The van der Waals surface area contributed by atoms with Crippen LogP contribution in [-0.2, 0) is 12.8 Å². The number of ether oxygens (including phenoxy) is 1. The Morgan fingerprint density at radius 3 is 2.59 bits per heavy atom. The number of benzene rings is 1. The molecule has 4 nitrogen and oxygen atoms in total. The van der Waals surface area contributed by atoms with Crippen molar-refractivity contribution in [2.24, 2.45) is 0 Å². The van der Waals surface area contributed by atoms with Crippen LogP contribution < -0.4 is 14.5 Å². The van der Waals surface area contributed by atoms with E-state index < -0.39 is 0 Å². The van der Waals surface area contributed by atoms with E-state index >= 15 is 0 Å². The molecule has 0 saturated carbocycles. The molecule has 1 aromatic rings. The minimum absolute atomic E-state index is 0.369. The van der Waals surface area contributed by atoms with E-state index in [0.29, 0.717) is 6.61 Å². The van der Waals surface area contributed by atoms with E-state index in [1.54, 1.807) is 4.90 Å². The van der Waals surface area contributed by atoms with Crippen molar-refractivity contribution >= 4 is 0 Å². The molecule has 1 aliphatic carbocycles. The number of hydrogen-bond acceptors (Lipinski definition) is 2. The van der Waals surface area contributed by atoms with Crippen LogP contribution in [0.3, 0.4) is 0 Å². The van der Waals surface area contributed by atoms with Gasteiger partial charge in [0.25, 0.3) is 0 Å². The van der Waals surface area contributed by atoms with Gasteiger partial charge in [-0.2, -0.15) is 0 Å². The summed E-state index contributed by atoms with van der Waals surface area (Å²) in [5.74, 6) is 0.912. The van der Waals surface area contributed by atoms with Crippen LogP contribution in [-0.4, -0.2) is 57.1 Å². The molecule has 1 fully saturated rings. The average molecular weight is 306 g/mol. The third-order valence-corrected chi connectivity index (χ3v) is 5.20. The highest BCUT2D eigenvalue weighted by atomic mass is 16.5. The monoisotopic (exact) mass is 306 g/mol. The Morgan fingerprint density at radius 1 is 1.09 bits per heavy atom. The van der Waals surface area contributed by atoms with Crippen molar-refractivity contribution in [3.05, 3.63) is 29.3 Å². The Kier molecular flexibility index (Phi) is 5.34. The molecule has 1 atom stereocenters. The highest BCUT2D eigenvalue weighted by Gasteiger charge is 2.24. The van der Waals surface area contributed by atoms with Crippen LogP contribution >= 0.6 is 0 Å². The Labute approximate surface area is 133 Å². The molecule has 1 aliphatic heterocycles. The molecule has 0 radical (unpaired) electrons. The van der Waals surface area contributed by atoms with E-state index in [2.05, 4.69) is 19.1 Å². The third kappa shape index (κ3) is 4.00. The number of likely N-dealkylation sites (N-methyl/N-ethyl adjacent to an activating group) is 1. The predicted molar refractivity (Wildman–Crippen MR) is 86.8 cm³/mol. The fraction of sp³-hybridized carbons (Fsp3) is 0.667. The van der Waals surface area contributed by atoms with E-state index in [-0.39, 0.29) is 6.10 Å². The molecule has 0 unspecified atom stereocenters. The first-order valence-electron chi connectivity index (χ1n) is 8.84. The van der Waals surface area contributed by atoms with E-state index in [9.17, 15) is 5.11 Å². The fourth-order valence-electron chi connectivity index (χ4n) is 3.74. The fourth-order valence-corrected chi connectivity index (χ4v) is 3.74. The summed E-state index contributed by atoms with van der Waals surface area (Å²) in [6.07, 6.45) is 3.26. The van der Waals surface area contributed by atoms with Crippen LogP contribution in [0.25, 0.3) is 0 Å². The Hall–Kier alpha value is -1.10. The zero-order valence-electron chi connectivity index (χ0n) is 13.7. The normalized spacial score (nSPS) is 25.7. The number of aliphatic hydroxyl groups excluding tert-OH is 1. The molecule has 4 heteroatoms. The van der Waals surface area contributed by atoms with E-state index in [1.807, 2.05) is 6.07 Å². The number of fused-ring (bicyclic) bond motifs is 1. The average Bonchev–Trinajstić information content (AvgIpc) is 3.01. The lowest BCUT2D eigenvalue weighted by Crippen LogP contribution is -3.28. The lowest BCUT2D eigenvalue weighted by Gasteiger charge is -2.30. The minimum atomic E-state index is -0.369. The van der Waals surface area contributed by atoms with Crippen LogP contribution in [0.4, 0.5) is 0 Å². The van der Waals surface area contributed by atoms with Gasteiger partial charge in [-0.25, -0.2) is 0 Å². The maximum absolute atomic E-state index is 10.2. The molecule has 3 N–H and O–H groups in total. The largest absolute Gasteiger partial charge is 0.491 e. The lowest BCUT2D eigenvalue weighted by molar-refractivity contribution is -1.01. The van der Waals surface area contributed by atoms with Gasteiger partial charge in [0.05, 0.1) is 6.54 Å². The zero-order valence-corrected chi connectivity index (χ0v) is 13.7. The summed E-state index contributed by atoms with van der Waals surface area (Å²) in [6.45, 7) is 9.47. The molecule has 1 saturated heterocycles. The van der Waals surface area contributed by atoms with Gasteiger partial charge in [-0.15, -0.1) is 0 Å². The van der Waals surface area contributed by atoms with Crippen LogP contribution in [0.1, 0.15) is 24.5 Å². The maximum Gasteiger partial charge on any atom is 0.137 e. The van der Waals surface area contributed by atoms with E-state index in [1.165, 1.54) is 68.0 Å². The van der Waals surface area contributed by atoms with Crippen LogP contribution in [0.2, 0.25) is 0 Å². The van der Waals surface area contributed by atoms with Crippen molar-refractivity contribution in [3.63, 3.8) is 0 Å². The van der Waals surface area contributed by atoms with Gasteiger partial charge >= 0.3 is 0 Å². The summed E-state index contributed by atoms with van der Waals surface area (Å²) >= 11 is 0. The molecule has 0 aromatic heterocycles. The summed E-state index contributed by atoms with van der Waals surface area (Å²) in [6, 6.07) is 6.39. The van der Waals surface area contributed by atoms with E-state index in [4.69, 9.17) is 4.74 Å². The van der Waals surface area contributed by atoms with Crippen molar-refractivity contribution in [2.45, 2.75) is 32.3 Å². The summed E-state index contributed by atoms with van der Waals surface area (Å²) in [5.41, 5.74) is 2.89. The first-order chi connectivity index (χ1) is 10.7. The molecular formula is C18H30N2O2+2. The smallest absolute Gasteiger partial charge is 0.137 e. The highest BCUT2D eigenvalue weighted by Crippen LogP contribution is 2.25. The molecule has 1 aromatic carbocycles. The molecule has 22 heavy (non-hydrogen) atoms. The number of aryl methyl sites for hydroxylation is 2. The van der Waals surface area contributed by atoms with Crippen molar-refractivity contribution < 1.29 is 19.6 Å². The van der Waals surface area contributed by atoms with Crippen molar-refractivity contribution in [1.29, 1.82) is 0 Å². The number of rotatable bonds is 6. The highest BCUT2D eigenvalue weighted by molar-refractivity contribution is 5.38. The van der Waals surface area contributed by atoms with Gasteiger partial charge in [-0.1, -0.05) is 6.07 Å². The van der Waals surface area contributed by atoms with Gasteiger partial charge in [-0.3, -0.25) is 0 Å². The van der Waals surface area contributed by atoms with Crippen molar-refractivity contribution in [1.82, 2.24) is 0 Å². The summed E-state index contributed by atoms with van der Waals surface area (Å²) in [5, 5.41) is 10.2. The van der Waals surface area contributed by atoms with Gasteiger partial charge in [0, 0.05) is 0 Å². The second-order valence-electron chi connectivity index (χ2n) is 6.81. The van der Waals surface area contributed by atoms with Gasteiger partial charge in [0.15, 0.2) is 0 Å². The molecule has 0 spiro atoms. The number of aliphatic hydroxyl groups is 1. The molecule has 3 rings (SSSR count). The van der Waals surface area contributed by atoms with Crippen LogP contribution in [0, 0.1) is 0 Å². The Bertz CT molecular complexity index is 484. The summed E-state index contributed by atoms with van der Waals surface area (Å²) in [7, 11) is 0. The molecule has 1 heterocycles. The van der Waals surface area contributed by atoms with Gasteiger partial charge in [-0.05, 0) is 49.4 Å². The standard InChI is InChI=1S/C18H28N2O2/c1-2-19-8-10-20(11-9-19)13-17(21)14-22-18-7-6-15-4-3-5-16(15)12-18/h6-7,12,17,21H,2-5,8-11,13-14H2,1H3/p+2/t17-/m1/s1.